The number of carbonyl (C=O) groups is 3. The molecule has 1 N–H and O–H groups in total. The summed E-state index contributed by atoms with van der Waals surface area (Å²) in [6.45, 7) is 3.82. The highest BCUT2D eigenvalue weighted by atomic mass is 35.5. The van der Waals surface area contributed by atoms with Crippen LogP contribution in [0.25, 0.3) is 0 Å². The molecule has 1 aliphatic rings. The number of furan rings is 1. The zero-order valence-electron chi connectivity index (χ0n) is 15.6. The van der Waals surface area contributed by atoms with E-state index >= 15 is 0 Å². The second-order valence-electron chi connectivity index (χ2n) is 6.74. The summed E-state index contributed by atoms with van der Waals surface area (Å²) in [6.07, 6.45) is 0.588. The summed E-state index contributed by atoms with van der Waals surface area (Å²) in [5, 5.41) is 3.23. The molecule has 0 saturated carbocycles. The van der Waals surface area contributed by atoms with Crippen molar-refractivity contribution in [1.82, 2.24) is 4.90 Å². The van der Waals surface area contributed by atoms with Crippen molar-refractivity contribution >= 4 is 35.1 Å². The van der Waals surface area contributed by atoms with Crippen LogP contribution in [0.4, 0.5) is 5.69 Å². The number of carbonyl (C=O) groups excluding carboxylic acids is 3. The van der Waals surface area contributed by atoms with Crippen LogP contribution < -0.4 is 5.32 Å². The number of likely N-dealkylation sites (tertiary alicyclic amines) is 1. The first kappa shape index (κ1) is 19.9. The topological polar surface area (TPSA) is 88.8 Å². The molecule has 1 saturated heterocycles. The number of halogens is 1. The van der Waals surface area contributed by atoms with Crippen LogP contribution in [0, 0.1) is 12.8 Å². The molecule has 0 bridgehead atoms. The molecule has 0 unspecified atom stereocenters. The maximum absolute atomic E-state index is 12.4. The number of anilines is 1. The Bertz CT molecular complexity index is 881. The molecule has 1 aromatic carbocycles. The van der Waals surface area contributed by atoms with Gasteiger partial charge in [0.05, 0.1) is 18.7 Å². The Morgan fingerprint density at radius 1 is 1.36 bits per heavy atom. The number of nitrogens with zero attached hydrogens (tertiary/aromatic N) is 1. The molecule has 0 spiro atoms. The minimum atomic E-state index is -1.000. The Morgan fingerprint density at radius 3 is 2.86 bits per heavy atom. The zero-order valence-corrected chi connectivity index (χ0v) is 16.4. The summed E-state index contributed by atoms with van der Waals surface area (Å²) in [5.41, 5.74) is 1.28. The predicted octanol–water partition coefficient (Wildman–Crippen LogP) is 3.16. The van der Waals surface area contributed by atoms with Gasteiger partial charge in [-0.15, -0.1) is 0 Å². The first-order valence-electron chi connectivity index (χ1n) is 8.91. The van der Waals surface area contributed by atoms with E-state index in [1.807, 2.05) is 0 Å². The summed E-state index contributed by atoms with van der Waals surface area (Å²) in [5.74, 6) is -1.14. The lowest BCUT2D eigenvalue weighted by Gasteiger charge is -2.18. The van der Waals surface area contributed by atoms with Crippen molar-refractivity contribution in [2.45, 2.75) is 32.9 Å². The summed E-state index contributed by atoms with van der Waals surface area (Å²) < 4.78 is 10.5. The average molecular weight is 405 g/mol. The number of ether oxygens (including phenoxy) is 1. The fraction of sp³-hybridized carbons (Fsp3) is 0.350. The number of nitrogens with one attached hydrogen (secondary N) is 1. The second kappa shape index (κ2) is 8.48. The Balaban J connectivity index is 1.54. The molecule has 2 atom stereocenters. The molecule has 1 aliphatic heterocycles. The highest BCUT2D eigenvalue weighted by Gasteiger charge is 2.37. The molecule has 0 aliphatic carbocycles. The number of benzene rings is 1. The van der Waals surface area contributed by atoms with Gasteiger partial charge in [-0.1, -0.05) is 17.7 Å². The highest BCUT2D eigenvalue weighted by Crippen LogP contribution is 2.24. The molecule has 28 heavy (non-hydrogen) atoms. The van der Waals surface area contributed by atoms with E-state index < -0.39 is 23.9 Å². The minimum absolute atomic E-state index is 0.0568. The number of rotatable bonds is 6. The first-order valence-corrected chi connectivity index (χ1v) is 9.29. The molecule has 2 amide bonds. The van der Waals surface area contributed by atoms with Crippen LogP contribution in [-0.4, -0.2) is 35.3 Å². The molecule has 148 valence electrons. The van der Waals surface area contributed by atoms with Crippen molar-refractivity contribution in [2.75, 3.05) is 11.9 Å². The average Bonchev–Trinajstić information content (AvgIpc) is 3.29. The molecular formula is C20H21ClN2O5. The number of hydrogen-bond acceptors (Lipinski definition) is 5. The SMILES string of the molecule is Cc1c(Cl)cccc1NC(=O)[C@H](C)OC(=O)[C@@H]1CC(=O)N(Cc2ccco2)C1. The van der Waals surface area contributed by atoms with E-state index in [1.165, 1.54) is 13.2 Å². The van der Waals surface area contributed by atoms with Gasteiger partial charge in [0.25, 0.3) is 5.91 Å². The predicted molar refractivity (Wildman–Crippen MR) is 103 cm³/mol. The normalized spacial score (nSPS) is 17.5. The number of esters is 1. The lowest BCUT2D eigenvalue weighted by molar-refractivity contribution is -0.157. The highest BCUT2D eigenvalue weighted by molar-refractivity contribution is 6.31. The number of hydrogen-bond donors (Lipinski definition) is 1. The van der Waals surface area contributed by atoms with Crippen molar-refractivity contribution in [3.05, 3.63) is 52.9 Å². The molecular weight excluding hydrogens is 384 g/mol. The van der Waals surface area contributed by atoms with Crippen molar-refractivity contribution in [3.63, 3.8) is 0 Å². The monoisotopic (exact) mass is 404 g/mol. The van der Waals surface area contributed by atoms with Crippen LogP contribution in [0.3, 0.4) is 0 Å². The lowest BCUT2D eigenvalue weighted by Crippen LogP contribution is -2.33. The summed E-state index contributed by atoms with van der Waals surface area (Å²) in [6, 6.07) is 8.67. The number of amides is 2. The van der Waals surface area contributed by atoms with Crippen molar-refractivity contribution in [2.24, 2.45) is 5.92 Å². The molecule has 1 aromatic heterocycles. The van der Waals surface area contributed by atoms with Crippen LogP contribution >= 0.6 is 11.6 Å². The maximum atomic E-state index is 12.4. The van der Waals surface area contributed by atoms with Crippen molar-refractivity contribution in [1.29, 1.82) is 0 Å². The molecule has 1 fully saturated rings. The Kier molecular flexibility index (Phi) is 6.04. The Morgan fingerprint density at radius 2 is 2.14 bits per heavy atom. The smallest absolute Gasteiger partial charge is 0.312 e. The van der Waals surface area contributed by atoms with E-state index in [1.54, 1.807) is 42.2 Å². The van der Waals surface area contributed by atoms with Crippen molar-refractivity contribution in [3.8, 4) is 0 Å². The van der Waals surface area contributed by atoms with Crippen molar-refractivity contribution < 1.29 is 23.5 Å². The third-order valence-corrected chi connectivity index (χ3v) is 5.07. The minimum Gasteiger partial charge on any atom is -0.467 e. The molecule has 2 heterocycles. The van der Waals surface area contributed by atoms with Gasteiger partial charge in [0, 0.05) is 23.7 Å². The van der Waals surface area contributed by atoms with Crippen LogP contribution in [0.2, 0.25) is 5.02 Å². The molecule has 3 rings (SSSR count). The van der Waals surface area contributed by atoms with Gasteiger partial charge in [-0.25, -0.2) is 0 Å². The quantitative estimate of drug-likeness (QED) is 0.747. The van der Waals surface area contributed by atoms with Gasteiger partial charge in [0.2, 0.25) is 5.91 Å². The van der Waals surface area contributed by atoms with Gasteiger partial charge in [0.1, 0.15) is 5.76 Å². The fourth-order valence-corrected chi connectivity index (χ4v) is 3.15. The summed E-state index contributed by atoms with van der Waals surface area (Å²) >= 11 is 6.05. The van der Waals surface area contributed by atoms with E-state index in [9.17, 15) is 14.4 Å². The van der Waals surface area contributed by atoms with Crippen LogP contribution in [-0.2, 0) is 25.7 Å². The van der Waals surface area contributed by atoms with Crippen LogP contribution in [0.15, 0.2) is 41.0 Å². The van der Waals surface area contributed by atoms with Gasteiger partial charge >= 0.3 is 5.97 Å². The van der Waals surface area contributed by atoms with E-state index in [0.29, 0.717) is 23.0 Å². The van der Waals surface area contributed by atoms with Crippen LogP contribution in [0.5, 0.6) is 0 Å². The van der Waals surface area contributed by atoms with Gasteiger partial charge < -0.3 is 19.4 Å². The lowest BCUT2D eigenvalue weighted by atomic mass is 10.1. The fourth-order valence-electron chi connectivity index (χ4n) is 2.97. The Labute approximate surface area is 167 Å². The Hall–Kier alpha value is -2.80. The van der Waals surface area contributed by atoms with Gasteiger partial charge in [0.15, 0.2) is 6.10 Å². The summed E-state index contributed by atoms with van der Waals surface area (Å²) in [7, 11) is 0. The molecule has 7 nitrogen and oxygen atoms in total. The van der Waals surface area contributed by atoms with Gasteiger partial charge in [-0.3, -0.25) is 14.4 Å². The first-order chi connectivity index (χ1) is 13.3. The van der Waals surface area contributed by atoms with Gasteiger partial charge in [-0.2, -0.15) is 0 Å². The molecule has 0 radical (unpaired) electrons. The van der Waals surface area contributed by atoms with E-state index in [4.69, 9.17) is 20.8 Å². The molecule has 8 heteroatoms. The maximum Gasteiger partial charge on any atom is 0.312 e. The van der Waals surface area contributed by atoms with E-state index in [-0.39, 0.29) is 18.9 Å². The third-order valence-electron chi connectivity index (χ3n) is 4.66. The van der Waals surface area contributed by atoms with Gasteiger partial charge in [-0.05, 0) is 43.7 Å². The van der Waals surface area contributed by atoms with Crippen LogP contribution in [0.1, 0.15) is 24.7 Å². The molecule has 2 aromatic rings. The zero-order chi connectivity index (χ0) is 20.3. The summed E-state index contributed by atoms with van der Waals surface area (Å²) in [4.78, 5) is 38.4. The van der Waals surface area contributed by atoms with E-state index in [2.05, 4.69) is 5.32 Å². The largest absolute Gasteiger partial charge is 0.467 e. The standard InChI is InChI=1S/C20H21ClN2O5/c1-12-16(21)6-3-7-17(12)22-19(25)13(2)28-20(26)14-9-18(24)23(10-14)11-15-5-4-8-27-15/h3-8,13-14H,9-11H2,1-2H3,(H,22,25)/t13-,14+/m0/s1. The third kappa shape index (κ3) is 4.54. The van der Waals surface area contributed by atoms with E-state index in [0.717, 1.165) is 5.56 Å². The second-order valence-corrected chi connectivity index (χ2v) is 7.14.